The molecule has 0 saturated carbocycles. The highest BCUT2D eigenvalue weighted by Crippen LogP contribution is 2.18. The number of hydrogen-bond acceptors (Lipinski definition) is 1. The summed E-state index contributed by atoms with van der Waals surface area (Å²) in [6, 6.07) is 4.74. The fourth-order valence-electron chi connectivity index (χ4n) is 1.11. The normalized spacial score (nSPS) is 9.80. The lowest BCUT2D eigenvalue weighted by molar-refractivity contribution is 0.242. The Hall–Kier alpha value is -1.29. The van der Waals surface area contributed by atoms with Crippen molar-refractivity contribution in [1.82, 2.24) is 10.6 Å². The maximum absolute atomic E-state index is 12.4. The number of benzene rings is 1. The maximum Gasteiger partial charge on any atom is 0.314 e. The van der Waals surface area contributed by atoms with E-state index in [0.717, 1.165) is 5.56 Å². The molecule has 1 aromatic rings. The van der Waals surface area contributed by atoms with E-state index in [2.05, 4.69) is 10.6 Å². The molecule has 0 aliphatic rings. The molecule has 0 atom stereocenters. The highest BCUT2D eigenvalue weighted by atomic mass is 35.5. The first kappa shape index (κ1) is 11.8. The van der Waals surface area contributed by atoms with Crippen LogP contribution in [0.15, 0.2) is 18.2 Å². The minimum atomic E-state index is -0.605. The Morgan fingerprint density at radius 3 is 2.87 bits per heavy atom. The predicted octanol–water partition coefficient (Wildman–Crippen LogP) is 2.24. The first-order valence-corrected chi connectivity index (χ1v) is 4.84. The highest BCUT2D eigenvalue weighted by molar-refractivity contribution is 6.31. The van der Waals surface area contributed by atoms with Crippen LogP contribution in [0.3, 0.4) is 0 Å². The van der Waals surface area contributed by atoms with Gasteiger partial charge in [-0.15, -0.1) is 0 Å². The van der Waals surface area contributed by atoms with Gasteiger partial charge in [-0.2, -0.15) is 0 Å². The average Bonchev–Trinajstić information content (AvgIpc) is 2.27. The molecule has 0 bridgehead atoms. The molecule has 0 aliphatic heterocycles. The van der Waals surface area contributed by atoms with Crippen LogP contribution in [-0.2, 0) is 13.2 Å². The van der Waals surface area contributed by atoms with Gasteiger partial charge in [-0.25, -0.2) is 9.18 Å². The molecule has 2 N–H and O–H groups in total. The zero-order valence-electron chi connectivity index (χ0n) is 8.31. The van der Waals surface area contributed by atoms with Gasteiger partial charge in [0.25, 0.3) is 0 Å². The Labute approximate surface area is 92.6 Å². The molecule has 1 aromatic carbocycles. The third-order valence-electron chi connectivity index (χ3n) is 1.93. The molecule has 0 spiro atoms. The summed E-state index contributed by atoms with van der Waals surface area (Å²) in [5.74, 6) is 0. The lowest BCUT2D eigenvalue weighted by Crippen LogP contribution is -2.32. The Bertz CT molecular complexity index is 357. The van der Waals surface area contributed by atoms with Gasteiger partial charge >= 0.3 is 6.03 Å². The van der Waals surface area contributed by atoms with Crippen molar-refractivity contribution < 1.29 is 9.18 Å². The van der Waals surface area contributed by atoms with Gasteiger partial charge in [-0.05, 0) is 17.7 Å². The van der Waals surface area contributed by atoms with Crippen molar-refractivity contribution in [3.8, 4) is 0 Å². The van der Waals surface area contributed by atoms with Crippen LogP contribution in [0, 0.1) is 0 Å². The zero-order chi connectivity index (χ0) is 11.3. The summed E-state index contributed by atoms with van der Waals surface area (Å²) in [7, 11) is 1.53. The van der Waals surface area contributed by atoms with Crippen LogP contribution >= 0.6 is 11.6 Å². The van der Waals surface area contributed by atoms with Crippen LogP contribution in [-0.4, -0.2) is 13.1 Å². The van der Waals surface area contributed by atoms with E-state index in [9.17, 15) is 9.18 Å². The van der Waals surface area contributed by atoms with Crippen molar-refractivity contribution in [3.05, 3.63) is 34.3 Å². The van der Waals surface area contributed by atoms with Gasteiger partial charge in [0.15, 0.2) is 0 Å². The van der Waals surface area contributed by atoms with Crippen LogP contribution < -0.4 is 10.6 Å². The van der Waals surface area contributed by atoms with Gasteiger partial charge in [0.1, 0.15) is 6.67 Å². The largest absolute Gasteiger partial charge is 0.341 e. The van der Waals surface area contributed by atoms with E-state index in [0.29, 0.717) is 17.1 Å². The SMILES string of the molecule is CNC(=O)NCc1ccc(Cl)c(CF)c1. The molecule has 82 valence electrons. The molecule has 0 saturated heterocycles. The van der Waals surface area contributed by atoms with Crippen molar-refractivity contribution in [2.45, 2.75) is 13.2 Å². The second kappa shape index (κ2) is 5.56. The Balaban J connectivity index is 2.66. The number of rotatable bonds is 3. The van der Waals surface area contributed by atoms with Crippen molar-refractivity contribution >= 4 is 17.6 Å². The van der Waals surface area contributed by atoms with Crippen LogP contribution in [0.5, 0.6) is 0 Å². The van der Waals surface area contributed by atoms with Gasteiger partial charge in [-0.1, -0.05) is 17.7 Å². The minimum Gasteiger partial charge on any atom is -0.341 e. The van der Waals surface area contributed by atoms with E-state index in [1.165, 1.54) is 7.05 Å². The summed E-state index contributed by atoms with van der Waals surface area (Å²) in [5, 5.41) is 5.43. The predicted molar refractivity (Wildman–Crippen MR) is 57.6 cm³/mol. The highest BCUT2D eigenvalue weighted by Gasteiger charge is 2.02. The number of nitrogens with one attached hydrogen (secondary N) is 2. The van der Waals surface area contributed by atoms with Crippen LogP contribution in [0.25, 0.3) is 0 Å². The minimum absolute atomic E-state index is 0.272. The fourth-order valence-corrected chi connectivity index (χ4v) is 1.28. The first-order chi connectivity index (χ1) is 7.17. The van der Waals surface area contributed by atoms with E-state index < -0.39 is 6.67 Å². The van der Waals surface area contributed by atoms with Crippen molar-refractivity contribution in [3.63, 3.8) is 0 Å². The molecule has 0 aromatic heterocycles. The summed E-state index contributed by atoms with van der Waals surface area (Å²) in [6.45, 7) is -0.253. The molecule has 3 nitrogen and oxygen atoms in total. The second-order valence-corrected chi connectivity index (χ2v) is 3.40. The molecule has 5 heteroatoms. The number of hydrogen-bond donors (Lipinski definition) is 2. The number of carbonyl (C=O) groups excluding carboxylic acids is 1. The number of halogens is 2. The summed E-state index contributed by atoms with van der Waals surface area (Å²) in [5.41, 5.74) is 1.25. The number of carbonyl (C=O) groups is 1. The third kappa shape index (κ3) is 3.40. The number of amides is 2. The molecule has 0 radical (unpaired) electrons. The van der Waals surface area contributed by atoms with E-state index in [-0.39, 0.29) is 6.03 Å². The van der Waals surface area contributed by atoms with Crippen LogP contribution in [0.1, 0.15) is 11.1 Å². The first-order valence-electron chi connectivity index (χ1n) is 4.46. The summed E-state index contributed by atoms with van der Waals surface area (Å²) in [6.07, 6.45) is 0. The van der Waals surface area contributed by atoms with Crippen LogP contribution in [0.2, 0.25) is 5.02 Å². The van der Waals surface area contributed by atoms with Gasteiger partial charge in [0.05, 0.1) is 0 Å². The molecular weight excluding hydrogens is 219 g/mol. The quantitative estimate of drug-likeness (QED) is 0.822. The van der Waals surface area contributed by atoms with Crippen molar-refractivity contribution in [1.29, 1.82) is 0 Å². The van der Waals surface area contributed by atoms with E-state index >= 15 is 0 Å². The summed E-state index contributed by atoms with van der Waals surface area (Å²) >= 11 is 5.75. The van der Waals surface area contributed by atoms with Gasteiger partial charge < -0.3 is 10.6 Å². The maximum atomic E-state index is 12.4. The average molecular weight is 231 g/mol. The summed E-state index contributed by atoms with van der Waals surface area (Å²) < 4.78 is 12.4. The molecule has 0 aliphatic carbocycles. The standard InChI is InChI=1S/C10H12ClFN2O/c1-13-10(15)14-6-7-2-3-9(11)8(4-7)5-12/h2-4H,5-6H2,1H3,(H2,13,14,15). The second-order valence-electron chi connectivity index (χ2n) is 2.99. The smallest absolute Gasteiger partial charge is 0.314 e. The Kier molecular flexibility index (Phi) is 4.37. The molecule has 0 unspecified atom stereocenters. The molecule has 2 amide bonds. The third-order valence-corrected chi connectivity index (χ3v) is 2.30. The monoisotopic (exact) mass is 230 g/mol. The Morgan fingerprint density at radius 2 is 2.27 bits per heavy atom. The van der Waals surface area contributed by atoms with Gasteiger partial charge in [0.2, 0.25) is 0 Å². The summed E-state index contributed by atoms with van der Waals surface area (Å²) in [4.78, 5) is 10.9. The van der Waals surface area contributed by atoms with Gasteiger partial charge in [0, 0.05) is 24.2 Å². The zero-order valence-corrected chi connectivity index (χ0v) is 9.07. The van der Waals surface area contributed by atoms with Crippen molar-refractivity contribution in [2.24, 2.45) is 0 Å². The number of alkyl halides is 1. The van der Waals surface area contributed by atoms with Crippen molar-refractivity contribution in [2.75, 3.05) is 7.05 Å². The van der Waals surface area contributed by atoms with E-state index in [4.69, 9.17) is 11.6 Å². The lowest BCUT2D eigenvalue weighted by atomic mass is 10.1. The molecule has 0 fully saturated rings. The molecule has 0 heterocycles. The fraction of sp³-hybridized carbons (Fsp3) is 0.300. The van der Waals surface area contributed by atoms with E-state index in [1.54, 1.807) is 18.2 Å². The van der Waals surface area contributed by atoms with E-state index in [1.807, 2.05) is 0 Å². The molecular formula is C10H12ClFN2O. The number of urea groups is 1. The lowest BCUT2D eigenvalue weighted by Gasteiger charge is -2.06. The molecule has 15 heavy (non-hydrogen) atoms. The molecule has 1 rings (SSSR count). The van der Waals surface area contributed by atoms with Crippen LogP contribution in [0.4, 0.5) is 9.18 Å². The Morgan fingerprint density at radius 1 is 1.53 bits per heavy atom. The van der Waals surface area contributed by atoms with Gasteiger partial charge in [-0.3, -0.25) is 0 Å². The topological polar surface area (TPSA) is 41.1 Å².